The smallest absolute Gasteiger partial charge is 0.119 e. The van der Waals surface area contributed by atoms with E-state index in [-0.39, 0.29) is 0 Å². The van der Waals surface area contributed by atoms with Crippen molar-refractivity contribution in [3.8, 4) is 5.75 Å². The van der Waals surface area contributed by atoms with Crippen molar-refractivity contribution < 1.29 is 4.74 Å². The second-order valence-corrected chi connectivity index (χ2v) is 6.01. The molecule has 0 fully saturated rings. The van der Waals surface area contributed by atoms with Gasteiger partial charge in [-0.25, -0.2) is 0 Å². The van der Waals surface area contributed by atoms with Gasteiger partial charge in [-0.05, 0) is 54.2 Å². The first kappa shape index (κ1) is 16.0. The molecule has 0 N–H and O–H groups in total. The molecule has 21 heavy (non-hydrogen) atoms. The third-order valence-corrected chi connectivity index (χ3v) is 3.93. The van der Waals surface area contributed by atoms with Crippen molar-refractivity contribution in [1.29, 1.82) is 0 Å². The molecule has 0 aliphatic carbocycles. The Kier molecular flexibility index (Phi) is 6.68. The highest BCUT2D eigenvalue weighted by Crippen LogP contribution is 2.16. The van der Waals surface area contributed by atoms with Crippen LogP contribution in [0.15, 0.2) is 54.6 Å². The van der Waals surface area contributed by atoms with Gasteiger partial charge in [0.1, 0.15) is 5.75 Å². The van der Waals surface area contributed by atoms with Gasteiger partial charge in [0.2, 0.25) is 0 Å². The van der Waals surface area contributed by atoms with E-state index in [0.717, 1.165) is 37.4 Å². The molecule has 0 aliphatic heterocycles. The zero-order valence-corrected chi connectivity index (χ0v) is 13.6. The van der Waals surface area contributed by atoms with Gasteiger partial charge in [0.25, 0.3) is 0 Å². The van der Waals surface area contributed by atoms with E-state index in [9.17, 15) is 0 Å². The Morgan fingerprint density at radius 2 is 1.57 bits per heavy atom. The minimum absolute atomic E-state index is 0.680. The summed E-state index contributed by atoms with van der Waals surface area (Å²) in [7, 11) is 0. The Balaban J connectivity index is 1.79. The summed E-state index contributed by atoms with van der Waals surface area (Å²) in [5.41, 5.74) is 2.66. The highest BCUT2D eigenvalue weighted by molar-refractivity contribution is 7.80. The van der Waals surface area contributed by atoms with Gasteiger partial charge in [0.05, 0.1) is 6.61 Å². The monoisotopic (exact) mass is 300 g/mol. The standard InChI is InChI=1S/C19H24OS/c1-16(12-14-21)11-13-20-19-9-7-18(8-10-19)15-17-5-3-2-4-6-17/h2-10,16,21H,11-15H2,1H3. The fraction of sp³-hybridized carbons (Fsp3) is 0.368. The van der Waals surface area contributed by atoms with Crippen LogP contribution < -0.4 is 4.74 Å². The first-order valence-corrected chi connectivity index (χ1v) is 8.27. The second kappa shape index (κ2) is 8.78. The van der Waals surface area contributed by atoms with Crippen LogP contribution >= 0.6 is 12.6 Å². The molecule has 2 aromatic rings. The van der Waals surface area contributed by atoms with Crippen LogP contribution in [0.5, 0.6) is 5.75 Å². The maximum atomic E-state index is 5.80. The van der Waals surface area contributed by atoms with Gasteiger partial charge >= 0.3 is 0 Å². The second-order valence-electron chi connectivity index (χ2n) is 5.56. The Bertz CT molecular complexity index is 507. The minimum Gasteiger partial charge on any atom is -0.494 e. The predicted octanol–water partition coefficient (Wildman–Crippen LogP) is 5.00. The van der Waals surface area contributed by atoms with Crippen LogP contribution in [0.4, 0.5) is 0 Å². The highest BCUT2D eigenvalue weighted by atomic mass is 32.1. The summed E-state index contributed by atoms with van der Waals surface area (Å²) < 4.78 is 5.80. The molecular weight excluding hydrogens is 276 g/mol. The molecule has 2 aromatic carbocycles. The molecule has 0 aromatic heterocycles. The topological polar surface area (TPSA) is 9.23 Å². The molecule has 0 bridgehead atoms. The lowest BCUT2D eigenvalue weighted by molar-refractivity contribution is 0.282. The molecule has 1 nitrogen and oxygen atoms in total. The maximum absolute atomic E-state index is 5.80. The molecule has 1 unspecified atom stereocenters. The Morgan fingerprint density at radius 1 is 0.905 bits per heavy atom. The lowest BCUT2D eigenvalue weighted by atomic mass is 10.1. The molecule has 0 heterocycles. The van der Waals surface area contributed by atoms with E-state index in [1.54, 1.807) is 0 Å². The zero-order valence-electron chi connectivity index (χ0n) is 12.7. The Morgan fingerprint density at radius 3 is 2.24 bits per heavy atom. The summed E-state index contributed by atoms with van der Waals surface area (Å²) in [6.07, 6.45) is 3.22. The van der Waals surface area contributed by atoms with Gasteiger partial charge in [-0.15, -0.1) is 0 Å². The number of ether oxygens (including phenoxy) is 1. The molecule has 0 spiro atoms. The number of hydrogen-bond donors (Lipinski definition) is 1. The first-order chi connectivity index (χ1) is 10.3. The highest BCUT2D eigenvalue weighted by Gasteiger charge is 2.02. The maximum Gasteiger partial charge on any atom is 0.119 e. The van der Waals surface area contributed by atoms with Gasteiger partial charge in [0, 0.05) is 0 Å². The average Bonchev–Trinajstić information content (AvgIpc) is 2.50. The lowest BCUT2D eigenvalue weighted by Gasteiger charge is -2.11. The van der Waals surface area contributed by atoms with Crippen molar-refractivity contribution in [2.75, 3.05) is 12.4 Å². The van der Waals surface area contributed by atoms with Crippen molar-refractivity contribution in [3.63, 3.8) is 0 Å². The fourth-order valence-corrected chi connectivity index (χ4v) is 2.72. The summed E-state index contributed by atoms with van der Waals surface area (Å²) >= 11 is 4.26. The largest absolute Gasteiger partial charge is 0.494 e. The molecule has 0 radical (unpaired) electrons. The van der Waals surface area contributed by atoms with Gasteiger partial charge in [-0.2, -0.15) is 12.6 Å². The van der Waals surface area contributed by atoms with E-state index >= 15 is 0 Å². The lowest BCUT2D eigenvalue weighted by Crippen LogP contribution is -2.04. The number of thiol groups is 1. The molecule has 0 aliphatic rings. The number of hydrogen-bond acceptors (Lipinski definition) is 2. The summed E-state index contributed by atoms with van der Waals surface area (Å²) in [4.78, 5) is 0. The van der Waals surface area contributed by atoms with Crippen LogP contribution in [0.3, 0.4) is 0 Å². The van der Waals surface area contributed by atoms with Gasteiger partial charge in [-0.3, -0.25) is 0 Å². The van der Waals surface area contributed by atoms with Crippen LogP contribution in [0.1, 0.15) is 30.9 Å². The summed E-state index contributed by atoms with van der Waals surface area (Å²) in [5, 5.41) is 0. The quantitative estimate of drug-likeness (QED) is 0.675. The normalized spacial score (nSPS) is 12.1. The number of rotatable bonds is 8. The molecular formula is C19H24OS. The first-order valence-electron chi connectivity index (χ1n) is 7.64. The molecule has 112 valence electrons. The van der Waals surface area contributed by atoms with E-state index < -0.39 is 0 Å². The SMILES string of the molecule is CC(CCS)CCOc1ccc(Cc2ccccc2)cc1. The molecule has 0 saturated heterocycles. The van der Waals surface area contributed by atoms with Crippen molar-refractivity contribution in [1.82, 2.24) is 0 Å². The van der Waals surface area contributed by atoms with Crippen molar-refractivity contribution in [3.05, 3.63) is 65.7 Å². The van der Waals surface area contributed by atoms with Crippen LogP contribution in [0.25, 0.3) is 0 Å². The van der Waals surface area contributed by atoms with Crippen LogP contribution in [-0.4, -0.2) is 12.4 Å². The van der Waals surface area contributed by atoms with E-state index in [1.165, 1.54) is 11.1 Å². The predicted molar refractivity (Wildman–Crippen MR) is 93.4 cm³/mol. The van der Waals surface area contributed by atoms with Crippen molar-refractivity contribution in [2.45, 2.75) is 26.2 Å². The Hall–Kier alpha value is -1.41. The molecule has 2 rings (SSSR count). The van der Waals surface area contributed by atoms with E-state index in [4.69, 9.17) is 4.74 Å². The van der Waals surface area contributed by atoms with E-state index in [2.05, 4.69) is 74.1 Å². The third kappa shape index (κ3) is 5.84. The van der Waals surface area contributed by atoms with Crippen LogP contribution in [-0.2, 0) is 6.42 Å². The zero-order chi connectivity index (χ0) is 14.9. The van der Waals surface area contributed by atoms with Gasteiger partial charge in [-0.1, -0.05) is 49.4 Å². The third-order valence-electron chi connectivity index (χ3n) is 3.68. The van der Waals surface area contributed by atoms with Gasteiger partial charge < -0.3 is 4.74 Å². The summed E-state index contributed by atoms with van der Waals surface area (Å²) in [6, 6.07) is 19.0. The van der Waals surface area contributed by atoms with Crippen molar-refractivity contribution >= 4 is 12.6 Å². The fourth-order valence-electron chi connectivity index (χ4n) is 2.28. The van der Waals surface area contributed by atoms with Crippen LogP contribution in [0, 0.1) is 5.92 Å². The van der Waals surface area contributed by atoms with Crippen LogP contribution in [0.2, 0.25) is 0 Å². The summed E-state index contributed by atoms with van der Waals surface area (Å²) in [6.45, 7) is 3.04. The minimum atomic E-state index is 0.680. The van der Waals surface area contributed by atoms with E-state index in [1.807, 2.05) is 0 Å². The van der Waals surface area contributed by atoms with Gasteiger partial charge in [0.15, 0.2) is 0 Å². The molecule has 0 amide bonds. The van der Waals surface area contributed by atoms with E-state index in [0.29, 0.717) is 5.92 Å². The van der Waals surface area contributed by atoms with Crippen molar-refractivity contribution in [2.24, 2.45) is 5.92 Å². The summed E-state index contributed by atoms with van der Waals surface area (Å²) in [5.74, 6) is 2.60. The average molecular weight is 300 g/mol. The Labute approximate surface area is 133 Å². The molecule has 0 saturated carbocycles. The molecule has 1 atom stereocenters. The number of benzene rings is 2. The molecule has 2 heteroatoms.